The van der Waals surface area contributed by atoms with Gasteiger partial charge in [0.15, 0.2) is 23.3 Å². The molecule has 5 nitrogen and oxygen atoms in total. The van der Waals surface area contributed by atoms with Crippen LogP contribution in [0, 0.1) is 35.0 Å². The van der Waals surface area contributed by atoms with Crippen LogP contribution in [0.25, 0.3) is 11.0 Å². The number of benzene rings is 3. The zero-order chi connectivity index (χ0) is 25.4. The average molecular weight is 500 g/mol. The third-order valence-corrected chi connectivity index (χ3v) is 6.37. The van der Waals surface area contributed by atoms with E-state index < -0.39 is 40.8 Å². The highest BCUT2D eigenvalue weighted by molar-refractivity contribution is 5.93. The molecule has 1 aromatic heterocycles. The number of halogens is 5. The minimum atomic E-state index is -1.65. The van der Waals surface area contributed by atoms with Crippen LogP contribution in [0.15, 0.2) is 54.6 Å². The van der Waals surface area contributed by atoms with E-state index >= 15 is 0 Å². The van der Waals surface area contributed by atoms with Gasteiger partial charge in [0.05, 0.1) is 17.6 Å². The first-order chi connectivity index (χ1) is 17.3. The number of carbonyl (C=O) groups excluding carboxylic acids is 1. The lowest BCUT2D eigenvalue weighted by atomic mass is 9.96. The van der Waals surface area contributed by atoms with Crippen LogP contribution in [-0.2, 0) is 11.3 Å². The van der Waals surface area contributed by atoms with E-state index in [9.17, 15) is 26.7 Å². The van der Waals surface area contributed by atoms with E-state index in [-0.39, 0.29) is 11.9 Å². The number of hydrogen-bond acceptors (Lipinski definition) is 3. The maximum atomic E-state index is 14.0. The Hall–Kier alpha value is -3.95. The lowest BCUT2D eigenvalue weighted by molar-refractivity contribution is -0.120. The first kappa shape index (κ1) is 23.8. The molecule has 1 fully saturated rings. The Bertz CT molecular complexity index is 1420. The summed E-state index contributed by atoms with van der Waals surface area (Å²) in [4.78, 5) is 19.4. The van der Waals surface area contributed by atoms with Gasteiger partial charge in [-0.15, -0.1) is 0 Å². The van der Waals surface area contributed by atoms with Crippen LogP contribution in [0.3, 0.4) is 0 Å². The van der Waals surface area contributed by atoms with E-state index in [4.69, 9.17) is 4.98 Å². The highest BCUT2D eigenvalue weighted by Crippen LogP contribution is 2.30. The number of hydrogen-bond donors (Lipinski definition) is 1. The van der Waals surface area contributed by atoms with Gasteiger partial charge >= 0.3 is 0 Å². The third kappa shape index (κ3) is 4.50. The molecule has 0 unspecified atom stereocenters. The van der Waals surface area contributed by atoms with Crippen LogP contribution in [0.4, 0.5) is 33.6 Å². The molecule has 0 saturated carbocycles. The van der Waals surface area contributed by atoms with Crippen LogP contribution in [0.1, 0.15) is 18.4 Å². The standard InChI is InChI=1S/C26H21F5N4O/c27-17-5-3-4-15(12-17)14-35-21-7-2-1-6-20(21)32-26(35)34-10-8-16(9-11-34)25(36)33-24-22(30)18(28)13-19(29)23(24)31/h1-7,12-13,16H,8-11,14H2,(H,33,36). The van der Waals surface area contributed by atoms with Crippen molar-refractivity contribution in [1.29, 1.82) is 0 Å². The van der Waals surface area contributed by atoms with Gasteiger partial charge in [-0.3, -0.25) is 4.79 Å². The summed E-state index contributed by atoms with van der Waals surface area (Å²) in [6.45, 7) is 1.21. The maximum absolute atomic E-state index is 14.0. The van der Waals surface area contributed by atoms with E-state index in [1.807, 2.05) is 45.1 Å². The fraction of sp³-hybridized carbons (Fsp3) is 0.231. The molecular formula is C26H21F5N4O. The molecule has 2 heterocycles. The van der Waals surface area contributed by atoms with Gasteiger partial charge in [0.25, 0.3) is 0 Å². The molecule has 186 valence electrons. The summed E-state index contributed by atoms with van der Waals surface area (Å²) in [5.41, 5.74) is 1.27. The number of nitrogens with zero attached hydrogens (tertiary/aromatic N) is 3. The second kappa shape index (κ2) is 9.60. The fourth-order valence-corrected chi connectivity index (χ4v) is 4.53. The van der Waals surface area contributed by atoms with Gasteiger partial charge < -0.3 is 14.8 Å². The smallest absolute Gasteiger partial charge is 0.227 e. The van der Waals surface area contributed by atoms with Gasteiger partial charge in [-0.1, -0.05) is 24.3 Å². The number of rotatable bonds is 5. The molecule has 5 rings (SSSR count). The predicted octanol–water partition coefficient (Wildman–Crippen LogP) is 5.64. The van der Waals surface area contributed by atoms with Crippen LogP contribution in [0.2, 0.25) is 0 Å². The van der Waals surface area contributed by atoms with Crippen molar-refractivity contribution in [2.45, 2.75) is 19.4 Å². The van der Waals surface area contributed by atoms with Crippen molar-refractivity contribution >= 4 is 28.6 Å². The molecule has 0 spiro atoms. The summed E-state index contributed by atoms with van der Waals surface area (Å²) < 4.78 is 70.6. The molecule has 0 aliphatic carbocycles. The van der Waals surface area contributed by atoms with E-state index in [0.717, 1.165) is 16.6 Å². The Labute approximate surface area is 203 Å². The van der Waals surface area contributed by atoms with Gasteiger partial charge in [0.2, 0.25) is 11.9 Å². The third-order valence-electron chi connectivity index (χ3n) is 6.37. The first-order valence-corrected chi connectivity index (χ1v) is 11.4. The van der Waals surface area contributed by atoms with Gasteiger partial charge in [-0.25, -0.2) is 26.9 Å². The number of para-hydroxylation sites is 2. The SMILES string of the molecule is O=C(Nc1c(F)c(F)cc(F)c1F)C1CCN(c2nc3ccccc3n2Cc2cccc(F)c2)CC1. The summed E-state index contributed by atoms with van der Waals surface area (Å²) in [6, 6.07) is 14.0. The molecule has 1 aliphatic heterocycles. The molecular weight excluding hydrogens is 479 g/mol. The zero-order valence-corrected chi connectivity index (χ0v) is 18.9. The molecule has 10 heteroatoms. The highest BCUT2D eigenvalue weighted by atomic mass is 19.2. The number of imidazole rings is 1. The van der Waals surface area contributed by atoms with Crippen molar-refractivity contribution < 1.29 is 26.7 Å². The summed E-state index contributed by atoms with van der Waals surface area (Å²) >= 11 is 0. The molecule has 0 bridgehead atoms. The van der Waals surface area contributed by atoms with Crippen LogP contribution in [0.5, 0.6) is 0 Å². The number of aromatic nitrogens is 2. The summed E-state index contributed by atoms with van der Waals surface area (Å²) in [7, 11) is 0. The topological polar surface area (TPSA) is 50.2 Å². The molecule has 1 amide bonds. The van der Waals surface area contributed by atoms with Gasteiger partial charge in [0, 0.05) is 25.1 Å². The second-order valence-corrected chi connectivity index (χ2v) is 8.71. The Balaban J connectivity index is 1.34. The Morgan fingerprint density at radius 1 is 0.917 bits per heavy atom. The molecule has 1 N–H and O–H groups in total. The lowest BCUT2D eigenvalue weighted by Gasteiger charge is -2.32. The van der Waals surface area contributed by atoms with Gasteiger partial charge in [-0.05, 0) is 42.7 Å². The largest absolute Gasteiger partial charge is 0.342 e. The second-order valence-electron chi connectivity index (χ2n) is 8.71. The van der Waals surface area contributed by atoms with Crippen molar-refractivity contribution in [2.24, 2.45) is 5.92 Å². The van der Waals surface area contributed by atoms with Crippen LogP contribution < -0.4 is 10.2 Å². The Morgan fingerprint density at radius 3 is 2.31 bits per heavy atom. The summed E-state index contributed by atoms with van der Waals surface area (Å²) in [5.74, 6) is -7.48. The van der Waals surface area contributed by atoms with Crippen molar-refractivity contribution in [3.8, 4) is 0 Å². The monoisotopic (exact) mass is 500 g/mol. The van der Waals surface area contributed by atoms with Gasteiger partial charge in [0.1, 0.15) is 11.5 Å². The number of nitrogens with one attached hydrogen (secondary N) is 1. The number of fused-ring (bicyclic) bond motifs is 1. The molecule has 3 aromatic carbocycles. The number of anilines is 2. The zero-order valence-electron chi connectivity index (χ0n) is 18.9. The molecule has 0 atom stereocenters. The molecule has 4 aromatic rings. The molecule has 0 radical (unpaired) electrons. The lowest BCUT2D eigenvalue weighted by Crippen LogP contribution is -2.39. The van der Waals surface area contributed by atoms with E-state index in [2.05, 4.69) is 0 Å². The van der Waals surface area contributed by atoms with Crippen molar-refractivity contribution in [3.05, 3.63) is 89.2 Å². The molecule has 36 heavy (non-hydrogen) atoms. The van der Waals surface area contributed by atoms with Crippen molar-refractivity contribution in [3.63, 3.8) is 0 Å². The highest BCUT2D eigenvalue weighted by Gasteiger charge is 2.30. The minimum absolute atomic E-state index is 0.0920. The summed E-state index contributed by atoms with van der Waals surface area (Å²) in [6.07, 6.45) is 0.659. The fourth-order valence-electron chi connectivity index (χ4n) is 4.53. The van der Waals surface area contributed by atoms with E-state index in [1.165, 1.54) is 12.1 Å². The normalized spacial score (nSPS) is 14.4. The summed E-state index contributed by atoms with van der Waals surface area (Å²) in [5, 5.41) is 2.01. The van der Waals surface area contributed by atoms with E-state index in [0.29, 0.717) is 38.4 Å². The number of amides is 1. The van der Waals surface area contributed by atoms with Crippen molar-refractivity contribution in [2.75, 3.05) is 23.3 Å². The van der Waals surface area contributed by atoms with Crippen LogP contribution >= 0.6 is 0 Å². The number of carbonyl (C=O) groups is 1. The maximum Gasteiger partial charge on any atom is 0.227 e. The Kier molecular flexibility index (Phi) is 6.34. The predicted molar refractivity (Wildman–Crippen MR) is 125 cm³/mol. The van der Waals surface area contributed by atoms with Crippen molar-refractivity contribution in [1.82, 2.24) is 9.55 Å². The molecule has 1 aliphatic rings. The van der Waals surface area contributed by atoms with E-state index in [1.54, 1.807) is 6.07 Å². The number of piperidine rings is 1. The Morgan fingerprint density at radius 2 is 1.61 bits per heavy atom. The van der Waals surface area contributed by atoms with Crippen LogP contribution in [-0.4, -0.2) is 28.5 Å². The molecule has 1 saturated heterocycles. The minimum Gasteiger partial charge on any atom is -0.342 e. The first-order valence-electron chi connectivity index (χ1n) is 11.4. The quantitative estimate of drug-likeness (QED) is 0.285. The van der Waals surface area contributed by atoms with Gasteiger partial charge in [-0.2, -0.15) is 0 Å². The average Bonchev–Trinajstić information content (AvgIpc) is 3.24.